The SMILES string of the molecule is C=CC(=O)N1CC(OC)(C(=O)N2CCC(n3cc(-c4cc(OC)c5c(C#N)cnn5c4)cn3)CC2)C1. The zero-order chi connectivity index (χ0) is 25.4. The second kappa shape index (κ2) is 9.13. The van der Waals surface area contributed by atoms with Crippen molar-refractivity contribution in [3.8, 4) is 22.9 Å². The lowest BCUT2D eigenvalue weighted by Crippen LogP contribution is -2.71. The molecule has 0 bridgehead atoms. The predicted molar refractivity (Wildman–Crippen MR) is 129 cm³/mol. The number of methoxy groups -OCH3 is 2. The summed E-state index contributed by atoms with van der Waals surface area (Å²) in [4.78, 5) is 28.4. The minimum atomic E-state index is -0.972. The molecule has 36 heavy (non-hydrogen) atoms. The van der Waals surface area contributed by atoms with Crippen molar-refractivity contribution in [1.29, 1.82) is 5.26 Å². The molecule has 0 radical (unpaired) electrons. The highest BCUT2D eigenvalue weighted by Crippen LogP contribution is 2.33. The molecule has 2 fully saturated rings. The molecule has 2 aliphatic rings. The van der Waals surface area contributed by atoms with Gasteiger partial charge >= 0.3 is 0 Å². The second-order valence-electron chi connectivity index (χ2n) is 9.09. The number of ether oxygens (including phenoxy) is 2. The van der Waals surface area contributed by atoms with E-state index in [1.165, 1.54) is 19.4 Å². The third kappa shape index (κ3) is 3.79. The van der Waals surface area contributed by atoms with Crippen molar-refractivity contribution in [2.45, 2.75) is 24.5 Å². The van der Waals surface area contributed by atoms with Gasteiger partial charge in [-0.05, 0) is 25.0 Å². The largest absolute Gasteiger partial charge is 0.494 e. The van der Waals surface area contributed by atoms with Crippen LogP contribution in [0.25, 0.3) is 16.6 Å². The highest BCUT2D eigenvalue weighted by molar-refractivity contribution is 5.93. The van der Waals surface area contributed by atoms with E-state index in [0.717, 1.165) is 24.0 Å². The fourth-order valence-corrected chi connectivity index (χ4v) is 4.99. The van der Waals surface area contributed by atoms with E-state index >= 15 is 0 Å². The predicted octanol–water partition coefficient (Wildman–Crippen LogP) is 1.65. The molecule has 5 rings (SSSR count). The fraction of sp³-hybridized carbons (Fsp3) is 0.400. The van der Waals surface area contributed by atoms with Gasteiger partial charge in [-0.25, -0.2) is 4.52 Å². The summed E-state index contributed by atoms with van der Waals surface area (Å²) in [6, 6.07) is 4.17. The molecule has 2 saturated heterocycles. The zero-order valence-electron chi connectivity index (χ0n) is 20.3. The number of hydrogen-bond donors (Lipinski definition) is 0. The monoisotopic (exact) mass is 489 g/mol. The molecule has 11 nitrogen and oxygen atoms in total. The van der Waals surface area contributed by atoms with E-state index in [-0.39, 0.29) is 30.9 Å². The molecule has 186 valence electrons. The Labute approximate surface area is 208 Å². The molecule has 3 aromatic rings. The number of rotatable bonds is 6. The third-order valence-corrected chi connectivity index (χ3v) is 7.14. The summed E-state index contributed by atoms with van der Waals surface area (Å²) >= 11 is 0. The van der Waals surface area contributed by atoms with Crippen LogP contribution in [-0.4, -0.2) is 87.0 Å². The molecule has 0 atom stereocenters. The summed E-state index contributed by atoms with van der Waals surface area (Å²) in [5.74, 6) is 0.296. The van der Waals surface area contributed by atoms with Crippen LogP contribution in [0.4, 0.5) is 0 Å². The fourth-order valence-electron chi connectivity index (χ4n) is 4.99. The number of hydrogen-bond acceptors (Lipinski definition) is 7. The maximum Gasteiger partial charge on any atom is 0.258 e. The number of nitrogens with zero attached hydrogens (tertiary/aromatic N) is 7. The van der Waals surface area contributed by atoms with Crippen LogP contribution in [0.3, 0.4) is 0 Å². The zero-order valence-corrected chi connectivity index (χ0v) is 20.3. The first-order chi connectivity index (χ1) is 17.4. The molecule has 0 saturated carbocycles. The van der Waals surface area contributed by atoms with Crippen molar-refractivity contribution in [1.82, 2.24) is 29.2 Å². The van der Waals surface area contributed by atoms with E-state index in [1.807, 2.05) is 28.0 Å². The van der Waals surface area contributed by atoms with E-state index in [9.17, 15) is 14.9 Å². The minimum absolute atomic E-state index is 0.0749. The van der Waals surface area contributed by atoms with Crippen LogP contribution in [0.2, 0.25) is 0 Å². The number of nitriles is 1. The van der Waals surface area contributed by atoms with Crippen molar-refractivity contribution in [3.05, 3.63) is 49.1 Å². The molecule has 5 heterocycles. The number of carbonyl (C=O) groups excluding carboxylic acids is 2. The quantitative estimate of drug-likeness (QED) is 0.483. The van der Waals surface area contributed by atoms with E-state index in [0.29, 0.717) is 29.9 Å². The van der Waals surface area contributed by atoms with Gasteiger partial charge in [-0.2, -0.15) is 15.5 Å². The first-order valence-corrected chi connectivity index (χ1v) is 11.7. The van der Waals surface area contributed by atoms with Crippen molar-refractivity contribution in [2.24, 2.45) is 0 Å². The van der Waals surface area contributed by atoms with E-state index in [2.05, 4.69) is 22.8 Å². The number of likely N-dealkylation sites (tertiary alicyclic amines) is 2. The summed E-state index contributed by atoms with van der Waals surface area (Å²) in [6.45, 7) is 5.16. The standard InChI is InChI=1S/C25H27N7O4/c1-4-22(33)30-15-25(16-30,36-3)24(34)29-7-5-20(6-8-29)31-14-19(12-27-31)17-9-21(35-2)23-18(10-26)11-28-32(23)13-17/h4,9,11-14,20H,1,5-8,15-16H2,2-3H3. The van der Waals surface area contributed by atoms with Crippen LogP contribution >= 0.6 is 0 Å². The molecule has 2 amide bonds. The van der Waals surface area contributed by atoms with Gasteiger partial charge in [0, 0.05) is 43.7 Å². The van der Waals surface area contributed by atoms with E-state index < -0.39 is 5.60 Å². The van der Waals surface area contributed by atoms with Gasteiger partial charge in [0.05, 0.1) is 38.6 Å². The lowest BCUT2D eigenvalue weighted by Gasteiger charge is -2.49. The van der Waals surface area contributed by atoms with E-state index in [4.69, 9.17) is 9.47 Å². The molecule has 0 spiro atoms. The summed E-state index contributed by atoms with van der Waals surface area (Å²) in [7, 11) is 3.08. The van der Waals surface area contributed by atoms with Crippen LogP contribution in [0.5, 0.6) is 5.75 Å². The van der Waals surface area contributed by atoms with Crippen molar-refractivity contribution in [2.75, 3.05) is 40.4 Å². The van der Waals surface area contributed by atoms with Gasteiger partial charge in [-0.3, -0.25) is 14.3 Å². The number of piperidine rings is 1. The number of amides is 2. The number of fused-ring (bicyclic) bond motifs is 1. The average molecular weight is 490 g/mol. The van der Waals surface area contributed by atoms with Gasteiger partial charge < -0.3 is 19.3 Å². The third-order valence-electron chi connectivity index (χ3n) is 7.14. The molecule has 0 aliphatic carbocycles. The Hall–Kier alpha value is -4.17. The Morgan fingerprint density at radius 3 is 2.53 bits per heavy atom. The van der Waals surface area contributed by atoms with Crippen LogP contribution in [-0.2, 0) is 14.3 Å². The second-order valence-corrected chi connectivity index (χ2v) is 9.09. The molecular formula is C25H27N7O4. The average Bonchev–Trinajstić information content (AvgIpc) is 3.55. The number of aromatic nitrogens is 4. The Bertz CT molecular complexity index is 1370. The lowest BCUT2D eigenvalue weighted by molar-refractivity contribution is -0.182. The van der Waals surface area contributed by atoms with Crippen LogP contribution in [0, 0.1) is 11.3 Å². The Kier molecular flexibility index (Phi) is 5.97. The van der Waals surface area contributed by atoms with Gasteiger partial charge in [-0.1, -0.05) is 6.58 Å². The topological polar surface area (TPSA) is 118 Å². The van der Waals surface area contributed by atoms with Gasteiger partial charge in [-0.15, -0.1) is 0 Å². The highest BCUT2D eigenvalue weighted by atomic mass is 16.5. The molecule has 3 aromatic heterocycles. The summed E-state index contributed by atoms with van der Waals surface area (Å²) in [6.07, 6.45) is 9.92. The smallest absolute Gasteiger partial charge is 0.258 e. The van der Waals surface area contributed by atoms with Gasteiger partial charge in [0.15, 0.2) is 5.60 Å². The lowest BCUT2D eigenvalue weighted by atomic mass is 9.90. The Balaban J connectivity index is 1.26. The van der Waals surface area contributed by atoms with Crippen molar-refractivity contribution < 1.29 is 19.1 Å². The molecule has 0 unspecified atom stereocenters. The minimum Gasteiger partial charge on any atom is -0.494 e. The molecule has 11 heteroatoms. The van der Waals surface area contributed by atoms with Crippen LogP contribution < -0.4 is 4.74 Å². The number of pyridine rings is 1. The van der Waals surface area contributed by atoms with Gasteiger partial charge in [0.2, 0.25) is 5.91 Å². The summed E-state index contributed by atoms with van der Waals surface area (Å²) < 4.78 is 14.7. The normalized spacial score (nSPS) is 17.5. The van der Waals surface area contributed by atoms with Crippen LogP contribution in [0.15, 0.2) is 43.5 Å². The first kappa shape index (κ1) is 23.6. The van der Waals surface area contributed by atoms with Crippen molar-refractivity contribution >= 4 is 17.3 Å². The maximum atomic E-state index is 13.2. The van der Waals surface area contributed by atoms with Gasteiger partial charge in [0.25, 0.3) is 5.91 Å². The number of carbonyl (C=O) groups is 2. The summed E-state index contributed by atoms with van der Waals surface area (Å²) in [5.41, 5.74) is 1.89. The van der Waals surface area contributed by atoms with E-state index in [1.54, 1.807) is 22.7 Å². The Morgan fingerprint density at radius 2 is 1.89 bits per heavy atom. The first-order valence-electron chi connectivity index (χ1n) is 11.7. The van der Waals surface area contributed by atoms with Crippen LogP contribution in [0.1, 0.15) is 24.4 Å². The molecule has 0 aromatic carbocycles. The maximum absolute atomic E-state index is 13.2. The van der Waals surface area contributed by atoms with Gasteiger partial charge in [0.1, 0.15) is 22.9 Å². The molecule has 2 aliphatic heterocycles. The summed E-state index contributed by atoms with van der Waals surface area (Å²) in [5, 5.41) is 18.2. The molecular weight excluding hydrogens is 462 g/mol. The molecule has 0 N–H and O–H groups in total. The van der Waals surface area contributed by atoms with Crippen molar-refractivity contribution in [3.63, 3.8) is 0 Å². The highest BCUT2D eigenvalue weighted by Gasteiger charge is 2.53. The Morgan fingerprint density at radius 1 is 1.14 bits per heavy atom.